The molecule has 0 radical (unpaired) electrons. The molecule has 0 saturated heterocycles. The highest BCUT2D eigenvalue weighted by Crippen LogP contribution is 2.27. The number of halogens is 2. The summed E-state index contributed by atoms with van der Waals surface area (Å²) in [6.07, 6.45) is 0. The fraction of sp³-hybridized carbons (Fsp3) is 0.125. The third kappa shape index (κ3) is 4.62. The number of aromatic hydroxyl groups is 1. The number of rotatable bonds is 5. The van der Waals surface area contributed by atoms with Crippen LogP contribution in [-0.4, -0.2) is 40.3 Å². The third-order valence-electron chi connectivity index (χ3n) is 3.35. The molecule has 0 aliphatic heterocycles. The largest absolute Gasteiger partial charge is 0.502 e. The first-order valence-corrected chi connectivity index (χ1v) is 7.92. The van der Waals surface area contributed by atoms with Gasteiger partial charge in [0.15, 0.2) is 5.75 Å². The van der Waals surface area contributed by atoms with Crippen molar-refractivity contribution in [2.75, 3.05) is 18.9 Å². The zero-order chi connectivity index (χ0) is 19.4. The number of nitro groups is 1. The molecule has 0 spiro atoms. The predicted molar refractivity (Wildman–Crippen MR) is 96.8 cm³/mol. The van der Waals surface area contributed by atoms with Gasteiger partial charge in [-0.1, -0.05) is 23.2 Å². The van der Waals surface area contributed by atoms with E-state index in [1.54, 1.807) is 6.07 Å². The van der Waals surface area contributed by atoms with Crippen molar-refractivity contribution < 1.29 is 19.6 Å². The van der Waals surface area contributed by atoms with Crippen LogP contribution in [0.4, 0.5) is 11.4 Å². The Bertz CT molecular complexity index is 888. The minimum absolute atomic E-state index is 0.0120. The third-order valence-corrected chi connectivity index (χ3v) is 4.09. The minimum Gasteiger partial charge on any atom is -0.502 e. The molecule has 2 amide bonds. The van der Waals surface area contributed by atoms with Crippen molar-refractivity contribution in [1.82, 2.24) is 4.90 Å². The number of nitrogens with one attached hydrogen (secondary N) is 1. The van der Waals surface area contributed by atoms with E-state index in [-0.39, 0.29) is 17.1 Å². The van der Waals surface area contributed by atoms with Crippen LogP contribution >= 0.6 is 23.2 Å². The lowest BCUT2D eigenvalue weighted by Gasteiger charge is -2.17. The number of anilines is 1. The van der Waals surface area contributed by atoms with Gasteiger partial charge in [0.05, 0.1) is 21.5 Å². The number of phenols is 1. The van der Waals surface area contributed by atoms with Gasteiger partial charge in [0.2, 0.25) is 5.91 Å². The summed E-state index contributed by atoms with van der Waals surface area (Å²) < 4.78 is 0. The maximum atomic E-state index is 12.3. The van der Waals surface area contributed by atoms with Crippen molar-refractivity contribution in [3.63, 3.8) is 0 Å². The average molecular weight is 398 g/mol. The summed E-state index contributed by atoms with van der Waals surface area (Å²) in [5, 5.41) is 23.5. The van der Waals surface area contributed by atoms with Gasteiger partial charge in [0, 0.05) is 24.4 Å². The minimum atomic E-state index is -0.766. The molecular weight excluding hydrogens is 385 g/mol. The molecule has 0 unspecified atom stereocenters. The number of benzene rings is 2. The molecule has 26 heavy (non-hydrogen) atoms. The van der Waals surface area contributed by atoms with E-state index < -0.39 is 28.2 Å². The summed E-state index contributed by atoms with van der Waals surface area (Å²) in [5.41, 5.74) is -0.0854. The Morgan fingerprint density at radius 2 is 1.88 bits per heavy atom. The maximum Gasteiger partial charge on any atom is 0.310 e. The molecule has 0 aliphatic carbocycles. The Morgan fingerprint density at radius 3 is 2.46 bits per heavy atom. The average Bonchev–Trinajstić information content (AvgIpc) is 2.56. The van der Waals surface area contributed by atoms with Crippen molar-refractivity contribution in [2.24, 2.45) is 0 Å². The maximum absolute atomic E-state index is 12.3. The van der Waals surface area contributed by atoms with E-state index in [1.807, 2.05) is 0 Å². The van der Waals surface area contributed by atoms with Crippen LogP contribution in [0, 0.1) is 10.1 Å². The van der Waals surface area contributed by atoms with Crippen LogP contribution in [-0.2, 0) is 4.79 Å². The zero-order valence-corrected chi connectivity index (χ0v) is 14.9. The summed E-state index contributed by atoms with van der Waals surface area (Å²) in [6.45, 7) is -0.281. The lowest BCUT2D eigenvalue weighted by Crippen LogP contribution is -2.34. The van der Waals surface area contributed by atoms with Gasteiger partial charge in [-0.25, -0.2) is 0 Å². The van der Waals surface area contributed by atoms with Gasteiger partial charge >= 0.3 is 5.69 Å². The van der Waals surface area contributed by atoms with E-state index in [0.29, 0.717) is 10.7 Å². The van der Waals surface area contributed by atoms with Gasteiger partial charge in [0.1, 0.15) is 0 Å². The molecule has 0 aliphatic rings. The molecule has 136 valence electrons. The van der Waals surface area contributed by atoms with Gasteiger partial charge in [0.25, 0.3) is 5.91 Å². The van der Waals surface area contributed by atoms with Crippen LogP contribution in [0.1, 0.15) is 10.4 Å². The Balaban J connectivity index is 2.04. The number of likely N-dealkylation sites (N-methyl/N-ethyl adjacent to an activating group) is 1. The molecule has 0 saturated carbocycles. The van der Waals surface area contributed by atoms with Gasteiger partial charge in [-0.2, -0.15) is 0 Å². The zero-order valence-electron chi connectivity index (χ0n) is 13.4. The number of amides is 2. The monoisotopic (exact) mass is 397 g/mol. The van der Waals surface area contributed by atoms with Crippen LogP contribution in [0.5, 0.6) is 5.75 Å². The van der Waals surface area contributed by atoms with Crippen molar-refractivity contribution in [1.29, 1.82) is 0 Å². The van der Waals surface area contributed by atoms with Crippen LogP contribution < -0.4 is 5.32 Å². The number of hydrogen-bond acceptors (Lipinski definition) is 5. The Labute approximate surface area is 158 Å². The van der Waals surface area contributed by atoms with Crippen LogP contribution in [0.25, 0.3) is 0 Å². The topological polar surface area (TPSA) is 113 Å². The number of nitro benzene ring substituents is 1. The molecule has 0 heterocycles. The van der Waals surface area contributed by atoms with E-state index in [1.165, 1.54) is 25.2 Å². The highest BCUT2D eigenvalue weighted by atomic mass is 35.5. The predicted octanol–water partition coefficient (Wildman–Crippen LogP) is 3.32. The Morgan fingerprint density at radius 1 is 1.19 bits per heavy atom. The highest BCUT2D eigenvalue weighted by Gasteiger charge is 2.19. The molecule has 2 aromatic carbocycles. The van der Waals surface area contributed by atoms with Crippen molar-refractivity contribution in [3.8, 4) is 5.75 Å². The second-order valence-corrected chi connectivity index (χ2v) is 6.11. The van der Waals surface area contributed by atoms with Crippen molar-refractivity contribution in [2.45, 2.75) is 0 Å². The van der Waals surface area contributed by atoms with E-state index in [0.717, 1.165) is 17.0 Å². The van der Waals surface area contributed by atoms with E-state index >= 15 is 0 Å². The molecular formula is C16H13Cl2N3O5. The van der Waals surface area contributed by atoms with Crippen molar-refractivity contribution in [3.05, 3.63) is 62.1 Å². The lowest BCUT2D eigenvalue weighted by molar-refractivity contribution is -0.385. The van der Waals surface area contributed by atoms with Gasteiger partial charge in [-0.3, -0.25) is 19.7 Å². The highest BCUT2D eigenvalue weighted by molar-refractivity contribution is 6.42. The number of nitrogens with zero attached hydrogens (tertiary/aromatic N) is 2. The molecule has 10 heteroatoms. The first-order chi connectivity index (χ1) is 12.2. The summed E-state index contributed by atoms with van der Waals surface area (Å²) in [4.78, 5) is 35.4. The summed E-state index contributed by atoms with van der Waals surface area (Å²) in [6, 6.07) is 7.75. The summed E-state index contributed by atoms with van der Waals surface area (Å²) in [5.74, 6) is -1.70. The van der Waals surface area contributed by atoms with E-state index in [2.05, 4.69) is 5.32 Å². The van der Waals surface area contributed by atoms with Crippen LogP contribution in [0.3, 0.4) is 0 Å². The molecule has 2 N–H and O–H groups in total. The quantitative estimate of drug-likeness (QED) is 0.593. The fourth-order valence-corrected chi connectivity index (χ4v) is 2.39. The molecule has 0 aromatic heterocycles. The fourth-order valence-electron chi connectivity index (χ4n) is 2.09. The Hall–Kier alpha value is -2.84. The molecule has 2 rings (SSSR count). The smallest absolute Gasteiger partial charge is 0.310 e. The van der Waals surface area contributed by atoms with Gasteiger partial charge in [-0.15, -0.1) is 0 Å². The number of carbonyl (C=O) groups is 2. The van der Waals surface area contributed by atoms with Crippen LogP contribution in [0.15, 0.2) is 36.4 Å². The number of carbonyl (C=O) groups excluding carboxylic acids is 2. The first-order valence-electron chi connectivity index (χ1n) is 7.17. The summed E-state index contributed by atoms with van der Waals surface area (Å²) >= 11 is 11.7. The SMILES string of the molecule is CN(CC(=O)Nc1ccc(Cl)c(Cl)c1)C(=O)c1ccc([N+](=O)[O-])c(O)c1. The Kier molecular flexibility index (Phi) is 6.01. The number of phenolic OH excluding ortho intramolecular Hbond substituents is 1. The normalized spacial score (nSPS) is 10.3. The van der Waals surface area contributed by atoms with Gasteiger partial charge in [-0.05, 0) is 30.3 Å². The lowest BCUT2D eigenvalue weighted by atomic mass is 10.1. The van der Waals surface area contributed by atoms with Crippen LogP contribution in [0.2, 0.25) is 10.0 Å². The second kappa shape index (κ2) is 8.03. The summed E-state index contributed by atoms with van der Waals surface area (Å²) in [7, 11) is 1.38. The standard InChI is InChI=1S/C16H13Cl2N3O5/c1-20(8-15(23)19-10-3-4-11(17)12(18)7-10)16(24)9-2-5-13(21(25)26)14(22)6-9/h2-7,22H,8H2,1H3,(H,19,23). The van der Waals surface area contributed by atoms with E-state index in [9.17, 15) is 24.8 Å². The first kappa shape index (κ1) is 19.5. The number of hydrogen-bond donors (Lipinski definition) is 2. The molecule has 0 fully saturated rings. The van der Waals surface area contributed by atoms with Crippen molar-refractivity contribution >= 4 is 46.4 Å². The molecule has 0 bridgehead atoms. The molecule has 2 aromatic rings. The van der Waals surface area contributed by atoms with E-state index in [4.69, 9.17) is 23.2 Å². The second-order valence-electron chi connectivity index (χ2n) is 5.30. The molecule has 0 atom stereocenters. The molecule has 8 nitrogen and oxygen atoms in total. The van der Waals surface area contributed by atoms with Gasteiger partial charge < -0.3 is 15.3 Å².